The van der Waals surface area contributed by atoms with E-state index in [1.165, 1.54) is 6.21 Å². The van der Waals surface area contributed by atoms with Crippen molar-refractivity contribution in [3.05, 3.63) is 62.5 Å². The number of amides is 1. The Labute approximate surface area is 139 Å². The van der Waals surface area contributed by atoms with Crippen LogP contribution in [-0.2, 0) is 11.2 Å². The number of carbonyl (C=O) groups excluding carboxylic acids is 1. The number of rotatable bonds is 4. The Morgan fingerprint density at radius 2 is 1.90 bits per heavy atom. The van der Waals surface area contributed by atoms with Crippen LogP contribution >= 0.6 is 31.9 Å². The number of phenolic OH excluding ortho intramolecular Hbond substituents is 1. The van der Waals surface area contributed by atoms with Crippen molar-refractivity contribution in [2.75, 3.05) is 0 Å². The molecule has 0 aliphatic heterocycles. The second-order valence-corrected chi connectivity index (χ2v) is 5.99. The Bertz CT molecular complexity index is 673. The molecule has 2 rings (SSSR count). The van der Waals surface area contributed by atoms with E-state index in [4.69, 9.17) is 0 Å². The predicted octanol–water partition coefficient (Wildman–Crippen LogP) is 3.61. The van der Waals surface area contributed by atoms with Crippen LogP contribution in [0, 0.1) is 0 Å². The quantitative estimate of drug-likeness (QED) is 0.596. The van der Waals surface area contributed by atoms with Crippen molar-refractivity contribution in [2.24, 2.45) is 5.10 Å². The van der Waals surface area contributed by atoms with Gasteiger partial charge in [-0.15, -0.1) is 0 Å². The lowest BCUT2D eigenvalue weighted by atomic mass is 10.1. The number of hydrogen-bond acceptors (Lipinski definition) is 3. The molecule has 0 saturated heterocycles. The van der Waals surface area contributed by atoms with Crippen LogP contribution in [0.4, 0.5) is 0 Å². The highest BCUT2D eigenvalue weighted by atomic mass is 79.9. The van der Waals surface area contributed by atoms with Gasteiger partial charge in [0.1, 0.15) is 5.75 Å². The second kappa shape index (κ2) is 7.38. The number of carbonyl (C=O) groups is 1. The van der Waals surface area contributed by atoms with Crippen molar-refractivity contribution in [3.8, 4) is 5.75 Å². The first kappa shape index (κ1) is 15.7. The first-order valence-electron chi connectivity index (χ1n) is 6.10. The maximum absolute atomic E-state index is 11.7. The van der Waals surface area contributed by atoms with Crippen LogP contribution in [0.1, 0.15) is 11.1 Å². The van der Waals surface area contributed by atoms with Crippen molar-refractivity contribution in [1.29, 1.82) is 0 Å². The monoisotopic (exact) mass is 410 g/mol. The van der Waals surface area contributed by atoms with Gasteiger partial charge in [-0.2, -0.15) is 5.10 Å². The van der Waals surface area contributed by atoms with Gasteiger partial charge in [-0.1, -0.05) is 46.3 Å². The Balaban J connectivity index is 1.96. The first-order valence-corrected chi connectivity index (χ1v) is 7.68. The van der Waals surface area contributed by atoms with E-state index in [-0.39, 0.29) is 18.1 Å². The third-order valence-corrected chi connectivity index (χ3v) is 3.99. The van der Waals surface area contributed by atoms with Gasteiger partial charge < -0.3 is 5.11 Å². The molecule has 2 N–H and O–H groups in total. The maximum Gasteiger partial charge on any atom is 0.244 e. The minimum Gasteiger partial charge on any atom is -0.507 e. The summed E-state index contributed by atoms with van der Waals surface area (Å²) in [5.74, 6) is -0.0924. The van der Waals surface area contributed by atoms with Gasteiger partial charge in [-0.05, 0) is 33.6 Å². The largest absolute Gasteiger partial charge is 0.507 e. The van der Waals surface area contributed by atoms with Gasteiger partial charge in [0.25, 0.3) is 0 Å². The highest BCUT2D eigenvalue weighted by Gasteiger charge is 2.04. The second-order valence-electron chi connectivity index (χ2n) is 4.28. The number of benzene rings is 2. The Morgan fingerprint density at radius 3 is 2.62 bits per heavy atom. The summed E-state index contributed by atoms with van der Waals surface area (Å²) in [7, 11) is 0. The predicted molar refractivity (Wildman–Crippen MR) is 89.4 cm³/mol. The van der Waals surface area contributed by atoms with E-state index < -0.39 is 0 Å². The lowest BCUT2D eigenvalue weighted by molar-refractivity contribution is -0.120. The average molecular weight is 412 g/mol. The Hall–Kier alpha value is -1.66. The zero-order valence-electron chi connectivity index (χ0n) is 10.9. The summed E-state index contributed by atoms with van der Waals surface area (Å²) in [5, 5.41) is 13.5. The Kier molecular flexibility index (Phi) is 5.52. The lowest BCUT2D eigenvalue weighted by Gasteiger charge is -2.03. The zero-order valence-corrected chi connectivity index (χ0v) is 14.1. The number of hydrazone groups is 1. The molecule has 1 amide bonds. The van der Waals surface area contributed by atoms with E-state index in [0.717, 1.165) is 10.0 Å². The van der Waals surface area contributed by atoms with Crippen LogP contribution in [0.15, 0.2) is 56.5 Å². The summed E-state index contributed by atoms with van der Waals surface area (Å²) in [6, 6.07) is 12.7. The van der Waals surface area contributed by atoms with Crippen molar-refractivity contribution in [2.45, 2.75) is 6.42 Å². The number of aromatic hydroxyl groups is 1. The number of hydrogen-bond donors (Lipinski definition) is 2. The van der Waals surface area contributed by atoms with Crippen LogP contribution in [0.25, 0.3) is 0 Å². The molecular weight excluding hydrogens is 400 g/mol. The minimum atomic E-state index is -0.199. The molecule has 21 heavy (non-hydrogen) atoms. The van der Waals surface area contributed by atoms with Crippen molar-refractivity contribution in [1.82, 2.24) is 5.43 Å². The normalized spacial score (nSPS) is 10.8. The molecule has 0 saturated carbocycles. The van der Waals surface area contributed by atoms with E-state index in [2.05, 4.69) is 42.4 Å². The standard InChI is InChI=1S/C15H12Br2N2O2/c16-12-8-13(17)14(20)7-11(12)9-18-19-15(21)6-10-4-2-1-3-5-10/h1-5,7-9,20H,6H2,(H,19,21). The highest BCUT2D eigenvalue weighted by molar-refractivity contribution is 9.11. The summed E-state index contributed by atoms with van der Waals surface area (Å²) >= 11 is 6.57. The first-order chi connectivity index (χ1) is 10.1. The molecule has 0 atom stereocenters. The molecule has 6 heteroatoms. The number of nitrogens with zero attached hydrogens (tertiary/aromatic N) is 1. The van der Waals surface area contributed by atoms with Gasteiger partial charge in [0.2, 0.25) is 5.91 Å². The summed E-state index contributed by atoms with van der Waals surface area (Å²) in [6.45, 7) is 0. The minimum absolute atomic E-state index is 0.107. The SMILES string of the molecule is O=C(Cc1ccccc1)NN=Cc1cc(O)c(Br)cc1Br. The summed E-state index contributed by atoms with van der Waals surface area (Å²) in [6.07, 6.45) is 1.74. The van der Waals surface area contributed by atoms with Gasteiger partial charge in [0.05, 0.1) is 17.1 Å². The molecule has 2 aromatic carbocycles. The fraction of sp³-hybridized carbons (Fsp3) is 0.0667. The van der Waals surface area contributed by atoms with Crippen LogP contribution in [-0.4, -0.2) is 17.2 Å². The lowest BCUT2D eigenvalue weighted by Crippen LogP contribution is -2.19. The van der Waals surface area contributed by atoms with Gasteiger partial charge in [-0.25, -0.2) is 5.43 Å². The fourth-order valence-corrected chi connectivity index (χ4v) is 2.74. The maximum atomic E-state index is 11.7. The van der Waals surface area contributed by atoms with Gasteiger partial charge >= 0.3 is 0 Å². The molecule has 0 fully saturated rings. The molecule has 2 aromatic rings. The number of nitrogens with one attached hydrogen (secondary N) is 1. The molecular formula is C15H12Br2N2O2. The van der Waals surface area contributed by atoms with Crippen molar-refractivity contribution < 1.29 is 9.90 Å². The topological polar surface area (TPSA) is 61.7 Å². The molecule has 0 spiro atoms. The molecule has 0 aromatic heterocycles. The smallest absolute Gasteiger partial charge is 0.244 e. The number of halogens is 2. The zero-order chi connectivity index (χ0) is 15.2. The van der Waals surface area contributed by atoms with Gasteiger partial charge in [-0.3, -0.25) is 4.79 Å². The fourth-order valence-electron chi connectivity index (χ4n) is 1.65. The average Bonchev–Trinajstić information content (AvgIpc) is 2.45. The van der Waals surface area contributed by atoms with E-state index in [9.17, 15) is 9.90 Å². The molecule has 0 radical (unpaired) electrons. The van der Waals surface area contributed by atoms with E-state index >= 15 is 0 Å². The number of phenols is 1. The van der Waals surface area contributed by atoms with E-state index in [1.54, 1.807) is 12.1 Å². The molecule has 0 aliphatic carbocycles. The molecule has 4 nitrogen and oxygen atoms in total. The molecule has 0 heterocycles. The van der Waals surface area contributed by atoms with Crippen LogP contribution < -0.4 is 5.43 Å². The third-order valence-electron chi connectivity index (χ3n) is 2.67. The molecule has 0 bridgehead atoms. The van der Waals surface area contributed by atoms with Crippen LogP contribution in [0.2, 0.25) is 0 Å². The van der Waals surface area contributed by atoms with Gasteiger partial charge in [0, 0.05) is 10.0 Å². The summed E-state index contributed by atoms with van der Waals surface area (Å²) < 4.78 is 1.34. The molecule has 0 unspecified atom stereocenters. The Morgan fingerprint density at radius 1 is 1.19 bits per heavy atom. The third kappa shape index (κ3) is 4.68. The summed E-state index contributed by atoms with van der Waals surface area (Å²) in [4.78, 5) is 11.7. The molecule has 0 aliphatic rings. The van der Waals surface area contributed by atoms with Crippen LogP contribution in [0.5, 0.6) is 5.75 Å². The molecule has 108 valence electrons. The highest BCUT2D eigenvalue weighted by Crippen LogP contribution is 2.29. The van der Waals surface area contributed by atoms with Crippen LogP contribution in [0.3, 0.4) is 0 Å². The summed E-state index contributed by atoms with van der Waals surface area (Å²) in [5.41, 5.74) is 4.04. The van der Waals surface area contributed by atoms with Gasteiger partial charge in [0.15, 0.2) is 0 Å². The van der Waals surface area contributed by atoms with E-state index in [0.29, 0.717) is 10.0 Å². The van der Waals surface area contributed by atoms with Crippen molar-refractivity contribution in [3.63, 3.8) is 0 Å². The van der Waals surface area contributed by atoms with Crippen molar-refractivity contribution >= 4 is 44.0 Å². The van der Waals surface area contributed by atoms with E-state index in [1.807, 2.05) is 30.3 Å².